The van der Waals surface area contributed by atoms with E-state index in [1.807, 2.05) is 7.05 Å². The van der Waals surface area contributed by atoms with Gasteiger partial charge in [0, 0.05) is 6.54 Å². The highest BCUT2D eigenvalue weighted by molar-refractivity contribution is 6.29. The lowest BCUT2D eigenvalue weighted by Gasteiger charge is -2.15. The Morgan fingerprint density at radius 2 is 1.95 bits per heavy atom. The highest BCUT2D eigenvalue weighted by Gasteiger charge is 2.20. The van der Waals surface area contributed by atoms with Crippen LogP contribution in [0.1, 0.15) is 26.2 Å². The molecule has 1 N–H and O–H groups in total. The monoisotopic (exact) mass is 272 g/mol. The van der Waals surface area contributed by atoms with Crippen molar-refractivity contribution in [2.24, 2.45) is 0 Å². The summed E-state index contributed by atoms with van der Waals surface area (Å²) < 4.78 is 9.87. The van der Waals surface area contributed by atoms with E-state index < -0.39 is 11.9 Å². The molecule has 0 aliphatic carbocycles. The molecule has 0 unspecified atom stereocenters. The topological polar surface area (TPSA) is 67.9 Å². The van der Waals surface area contributed by atoms with Crippen LogP contribution in [-0.2, 0) is 19.1 Å². The van der Waals surface area contributed by atoms with Crippen LogP contribution in [0.2, 0.25) is 0 Å². The molecule has 0 aromatic heterocycles. The smallest absolute Gasteiger partial charge is 0.417 e. The molecule has 1 fully saturated rings. The Morgan fingerprint density at radius 3 is 2.58 bits per heavy atom. The van der Waals surface area contributed by atoms with Crippen LogP contribution >= 0.6 is 0 Å². The van der Waals surface area contributed by atoms with Crippen LogP contribution in [-0.4, -0.2) is 62.8 Å². The molecule has 0 aromatic rings. The number of carbonyl (C=O) groups excluding carboxylic acids is 2. The van der Waals surface area contributed by atoms with Gasteiger partial charge >= 0.3 is 11.9 Å². The predicted octanol–water partition coefficient (Wildman–Crippen LogP) is 0.167. The van der Waals surface area contributed by atoms with E-state index in [1.54, 1.807) is 6.92 Å². The van der Waals surface area contributed by atoms with Crippen molar-refractivity contribution in [3.63, 3.8) is 0 Å². The zero-order valence-electron chi connectivity index (χ0n) is 11.8. The highest BCUT2D eigenvalue weighted by Crippen LogP contribution is 2.06. The van der Waals surface area contributed by atoms with Crippen LogP contribution in [0.5, 0.6) is 0 Å². The number of esters is 2. The maximum atomic E-state index is 11.4. The molecule has 1 rings (SSSR count). The molecule has 1 atom stereocenters. The van der Waals surface area contributed by atoms with Crippen molar-refractivity contribution >= 4 is 11.9 Å². The molecule has 1 aliphatic rings. The van der Waals surface area contributed by atoms with E-state index in [-0.39, 0.29) is 12.7 Å². The molecule has 1 aliphatic heterocycles. The summed E-state index contributed by atoms with van der Waals surface area (Å²) in [6.45, 7) is 5.52. The molecule has 110 valence electrons. The fourth-order valence-corrected chi connectivity index (χ4v) is 1.97. The molecule has 0 radical (unpaired) electrons. The molecule has 0 bridgehead atoms. The summed E-state index contributed by atoms with van der Waals surface area (Å²) in [5.41, 5.74) is 0. The Labute approximate surface area is 114 Å². The summed E-state index contributed by atoms with van der Waals surface area (Å²) in [6.07, 6.45) is 2.77. The summed E-state index contributed by atoms with van der Waals surface area (Å²) in [5.74, 6) is -1.79. The second-order valence-electron chi connectivity index (χ2n) is 4.79. The number of likely N-dealkylation sites (tertiary alicyclic amines) is 1. The molecule has 0 aromatic carbocycles. The van der Waals surface area contributed by atoms with Crippen LogP contribution < -0.4 is 5.32 Å². The quantitative estimate of drug-likeness (QED) is 0.526. The fraction of sp³-hybridized carbons (Fsp3) is 0.846. The highest BCUT2D eigenvalue weighted by atomic mass is 16.6. The van der Waals surface area contributed by atoms with E-state index in [0.29, 0.717) is 13.0 Å². The van der Waals surface area contributed by atoms with E-state index in [2.05, 4.69) is 10.2 Å². The van der Waals surface area contributed by atoms with Gasteiger partial charge in [0.15, 0.2) is 0 Å². The Balaban J connectivity index is 2.11. The zero-order valence-corrected chi connectivity index (χ0v) is 11.8. The summed E-state index contributed by atoms with van der Waals surface area (Å²) in [5, 5.41) is 2.95. The van der Waals surface area contributed by atoms with Gasteiger partial charge in [-0.1, -0.05) is 0 Å². The summed E-state index contributed by atoms with van der Waals surface area (Å²) in [7, 11) is 1.82. The van der Waals surface area contributed by atoms with Crippen molar-refractivity contribution in [3.8, 4) is 0 Å². The number of hydrogen-bond donors (Lipinski definition) is 1. The minimum atomic E-state index is -0.898. The normalized spacial score (nSPS) is 17.2. The number of carbonyl (C=O) groups is 2. The van der Waals surface area contributed by atoms with E-state index in [4.69, 9.17) is 9.47 Å². The Morgan fingerprint density at radius 1 is 1.26 bits per heavy atom. The third kappa shape index (κ3) is 6.54. The number of nitrogens with one attached hydrogen (secondary N) is 1. The number of ether oxygens (including phenoxy) is 2. The van der Waals surface area contributed by atoms with Gasteiger partial charge in [-0.3, -0.25) is 4.90 Å². The summed E-state index contributed by atoms with van der Waals surface area (Å²) in [4.78, 5) is 25.0. The minimum absolute atomic E-state index is 0.249. The second kappa shape index (κ2) is 8.87. The zero-order chi connectivity index (χ0) is 14.1. The molecule has 0 spiro atoms. The third-order valence-corrected chi connectivity index (χ3v) is 3.12. The maximum Gasteiger partial charge on any atom is 0.417 e. The first-order valence-corrected chi connectivity index (χ1v) is 6.88. The molecular weight excluding hydrogens is 248 g/mol. The van der Waals surface area contributed by atoms with Crippen LogP contribution in [0.3, 0.4) is 0 Å². The van der Waals surface area contributed by atoms with Crippen LogP contribution in [0, 0.1) is 0 Å². The van der Waals surface area contributed by atoms with Gasteiger partial charge in [-0.2, -0.15) is 0 Å². The SMILES string of the molecule is CNCC[C@@H](C)OC(=O)C(=O)OCCN1CCCC1. The van der Waals surface area contributed by atoms with Crippen LogP contribution in [0.25, 0.3) is 0 Å². The van der Waals surface area contributed by atoms with E-state index in [9.17, 15) is 9.59 Å². The van der Waals surface area contributed by atoms with Gasteiger partial charge in [0.1, 0.15) is 12.7 Å². The van der Waals surface area contributed by atoms with Crippen LogP contribution in [0.15, 0.2) is 0 Å². The van der Waals surface area contributed by atoms with E-state index in [0.717, 1.165) is 19.6 Å². The van der Waals surface area contributed by atoms with Crippen molar-refractivity contribution in [1.29, 1.82) is 0 Å². The first-order valence-electron chi connectivity index (χ1n) is 6.88. The first kappa shape index (κ1) is 15.9. The molecule has 0 saturated carbocycles. The molecule has 1 saturated heterocycles. The van der Waals surface area contributed by atoms with E-state index >= 15 is 0 Å². The Hall–Kier alpha value is -1.14. The van der Waals surface area contributed by atoms with Crippen molar-refractivity contribution in [2.75, 3.05) is 39.8 Å². The Kier molecular flexibility index (Phi) is 7.43. The fourth-order valence-electron chi connectivity index (χ4n) is 1.97. The largest absolute Gasteiger partial charge is 0.456 e. The van der Waals surface area contributed by atoms with Crippen molar-refractivity contribution in [3.05, 3.63) is 0 Å². The number of nitrogens with zero attached hydrogens (tertiary/aromatic N) is 1. The van der Waals surface area contributed by atoms with Gasteiger partial charge in [0.25, 0.3) is 0 Å². The molecule has 6 heteroatoms. The maximum absolute atomic E-state index is 11.4. The van der Waals surface area contributed by atoms with Gasteiger partial charge in [-0.25, -0.2) is 9.59 Å². The molecule has 1 heterocycles. The van der Waals surface area contributed by atoms with Gasteiger partial charge in [-0.15, -0.1) is 0 Å². The summed E-state index contributed by atoms with van der Waals surface area (Å²) >= 11 is 0. The predicted molar refractivity (Wildman–Crippen MR) is 70.7 cm³/mol. The van der Waals surface area contributed by atoms with Gasteiger partial charge in [0.2, 0.25) is 0 Å². The first-order chi connectivity index (χ1) is 9.13. The van der Waals surface area contributed by atoms with Gasteiger partial charge in [0.05, 0.1) is 0 Å². The molecule has 6 nitrogen and oxygen atoms in total. The molecule has 0 amide bonds. The number of hydrogen-bond acceptors (Lipinski definition) is 6. The van der Waals surface area contributed by atoms with Crippen molar-refractivity contribution in [1.82, 2.24) is 10.2 Å². The van der Waals surface area contributed by atoms with Gasteiger partial charge in [-0.05, 0) is 52.9 Å². The van der Waals surface area contributed by atoms with Crippen molar-refractivity contribution in [2.45, 2.75) is 32.3 Å². The summed E-state index contributed by atoms with van der Waals surface area (Å²) in [6, 6.07) is 0. The molecular formula is C13H24N2O4. The lowest BCUT2D eigenvalue weighted by Crippen LogP contribution is -2.30. The lowest BCUT2D eigenvalue weighted by molar-refractivity contribution is -0.170. The van der Waals surface area contributed by atoms with Gasteiger partial charge < -0.3 is 14.8 Å². The van der Waals surface area contributed by atoms with Crippen LogP contribution in [0.4, 0.5) is 0 Å². The number of rotatable bonds is 7. The lowest BCUT2D eigenvalue weighted by atomic mass is 10.3. The van der Waals surface area contributed by atoms with Crippen molar-refractivity contribution < 1.29 is 19.1 Å². The second-order valence-corrected chi connectivity index (χ2v) is 4.79. The minimum Gasteiger partial charge on any atom is -0.456 e. The van der Waals surface area contributed by atoms with E-state index in [1.165, 1.54) is 12.8 Å². The average molecular weight is 272 g/mol. The standard InChI is InChI=1S/C13H24N2O4/c1-11(5-6-14-2)19-13(17)12(16)18-10-9-15-7-3-4-8-15/h11,14H,3-10H2,1-2H3/t11-/m1/s1. The average Bonchev–Trinajstić information content (AvgIpc) is 2.89. The third-order valence-electron chi connectivity index (χ3n) is 3.12. The Bertz CT molecular complexity index is 290. The molecule has 19 heavy (non-hydrogen) atoms.